The highest BCUT2D eigenvalue weighted by Gasteiger charge is 2.36. The fourth-order valence-corrected chi connectivity index (χ4v) is 7.31. The summed E-state index contributed by atoms with van der Waals surface area (Å²) in [5.74, 6) is 1.35. The summed E-state index contributed by atoms with van der Waals surface area (Å²) in [5.41, 5.74) is 1.32. The van der Waals surface area contributed by atoms with Gasteiger partial charge in [-0.05, 0) is 62.1 Å². The van der Waals surface area contributed by atoms with Gasteiger partial charge in [0.1, 0.15) is 24.2 Å². The summed E-state index contributed by atoms with van der Waals surface area (Å²) in [6.45, 7) is 5.39. The van der Waals surface area contributed by atoms with E-state index in [2.05, 4.69) is 4.98 Å². The molecule has 0 bridgehead atoms. The van der Waals surface area contributed by atoms with Crippen LogP contribution in [0.4, 0.5) is 0 Å². The van der Waals surface area contributed by atoms with E-state index < -0.39 is 10.0 Å². The number of amides is 1. The van der Waals surface area contributed by atoms with Gasteiger partial charge in [-0.15, -0.1) is 0 Å². The maximum Gasteiger partial charge on any atom is 0.248 e. The maximum absolute atomic E-state index is 13.7. The molecule has 0 radical (unpaired) electrons. The molecule has 2 fully saturated rings. The van der Waals surface area contributed by atoms with Gasteiger partial charge >= 0.3 is 0 Å². The first-order valence-electron chi connectivity index (χ1n) is 12.9. The van der Waals surface area contributed by atoms with Crippen LogP contribution in [0.3, 0.4) is 0 Å². The topological polar surface area (TPSA) is 98.3 Å². The highest BCUT2D eigenvalue weighted by atomic mass is 32.2. The lowest BCUT2D eigenvalue weighted by Crippen LogP contribution is -2.47. The minimum Gasteiger partial charge on any atom is -0.497 e. The predicted molar refractivity (Wildman–Crippen MR) is 139 cm³/mol. The number of pyridine rings is 1. The second-order valence-corrected chi connectivity index (χ2v) is 11.6. The lowest BCUT2D eigenvalue weighted by molar-refractivity contribution is -0.138. The van der Waals surface area contributed by atoms with Crippen molar-refractivity contribution in [1.82, 2.24) is 14.2 Å². The Hall–Kier alpha value is -2.69. The molecule has 1 aromatic heterocycles. The summed E-state index contributed by atoms with van der Waals surface area (Å²) in [6.07, 6.45) is 7.41. The van der Waals surface area contributed by atoms with Crippen molar-refractivity contribution >= 4 is 15.9 Å². The van der Waals surface area contributed by atoms with E-state index in [1.54, 1.807) is 54.7 Å². The summed E-state index contributed by atoms with van der Waals surface area (Å²) in [7, 11) is -2.15. The average molecular weight is 532 g/mol. The fraction of sp³-hybridized carbons (Fsp3) is 0.556. The number of ether oxygens (including phenoxy) is 3. The smallest absolute Gasteiger partial charge is 0.248 e. The van der Waals surface area contributed by atoms with Gasteiger partial charge in [0.15, 0.2) is 0 Å². The normalized spacial score (nSPS) is 19.5. The molecule has 0 spiro atoms. The van der Waals surface area contributed by atoms with Gasteiger partial charge in [0.2, 0.25) is 15.9 Å². The first kappa shape index (κ1) is 27.3. The van der Waals surface area contributed by atoms with Crippen molar-refractivity contribution in [1.29, 1.82) is 0 Å². The first-order chi connectivity index (χ1) is 17.8. The van der Waals surface area contributed by atoms with E-state index in [-0.39, 0.29) is 31.3 Å². The third-order valence-corrected chi connectivity index (χ3v) is 9.35. The van der Waals surface area contributed by atoms with Crippen molar-refractivity contribution in [3.8, 4) is 11.5 Å². The Morgan fingerprint density at radius 1 is 1.00 bits per heavy atom. The van der Waals surface area contributed by atoms with Crippen LogP contribution in [0.1, 0.15) is 43.2 Å². The van der Waals surface area contributed by atoms with Crippen LogP contribution >= 0.6 is 0 Å². The van der Waals surface area contributed by atoms with E-state index in [4.69, 9.17) is 14.2 Å². The van der Waals surface area contributed by atoms with Gasteiger partial charge in [-0.25, -0.2) is 8.42 Å². The van der Waals surface area contributed by atoms with Gasteiger partial charge in [0, 0.05) is 50.9 Å². The minimum atomic E-state index is -3.72. The number of benzene rings is 1. The van der Waals surface area contributed by atoms with Gasteiger partial charge in [-0.2, -0.15) is 4.31 Å². The van der Waals surface area contributed by atoms with E-state index in [1.807, 2.05) is 12.1 Å². The molecule has 9 nitrogen and oxygen atoms in total. The quantitative estimate of drug-likeness (QED) is 0.489. The van der Waals surface area contributed by atoms with Crippen molar-refractivity contribution in [2.45, 2.75) is 63.0 Å². The minimum absolute atomic E-state index is 0.0547. The zero-order valence-corrected chi connectivity index (χ0v) is 22.7. The number of carbonyl (C=O) groups excluding carboxylic acids is 1. The zero-order chi connectivity index (χ0) is 26.4. The van der Waals surface area contributed by atoms with Gasteiger partial charge in [-0.1, -0.05) is 6.42 Å². The van der Waals surface area contributed by atoms with Gasteiger partial charge in [0.25, 0.3) is 0 Å². The average Bonchev–Trinajstić information content (AvgIpc) is 2.89. The molecule has 3 heterocycles. The summed E-state index contributed by atoms with van der Waals surface area (Å²) < 4.78 is 46.0. The van der Waals surface area contributed by atoms with Crippen molar-refractivity contribution in [2.75, 3.05) is 40.0 Å². The van der Waals surface area contributed by atoms with E-state index in [0.29, 0.717) is 47.8 Å². The molecule has 0 aliphatic carbocycles. The Bertz CT molecular complexity index is 1140. The van der Waals surface area contributed by atoms with Gasteiger partial charge in [-0.3, -0.25) is 9.78 Å². The summed E-state index contributed by atoms with van der Waals surface area (Å²) >= 11 is 0. The van der Waals surface area contributed by atoms with Crippen molar-refractivity contribution in [2.24, 2.45) is 0 Å². The number of nitrogens with zero attached hydrogens (tertiary/aromatic N) is 3. The van der Waals surface area contributed by atoms with E-state index in [0.717, 1.165) is 31.4 Å². The third kappa shape index (κ3) is 6.61. The Kier molecular flexibility index (Phi) is 9.04. The molecule has 1 atom stereocenters. The largest absolute Gasteiger partial charge is 0.497 e. The SMILES string of the molecule is COc1cc(C)c(S(=O)(=O)N2CCCCC2COCC(=O)N2CCC(Oc3ccncc3)CC2)c(C)c1. The van der Waals surface area contributed by atoms with Gasteiger partial charge < -0.3 is 19.1 Å². The lowest BCUT2D eigenvalue weighted by Gasteiger charge is -2.35. The van der Waals surface area contributed by atoms with Crippen molar-refractivity contribution in [3.05, 3.63) is 47.8 Å². The number of likely N-dealkylation sites (tertiary alicyclic amines) is 1. The molecule has 1 aromatic carbocycles. The zero-order valence-electron chi connectivity index (χ0n) is 21.9. The van der Waals surface area contributed by atoms with Crippen molar-refractivity contribution < 1.29 is 27.4 Å². The molecule has 2 saturated heterocycles. The second-order valence-electron chi connectivity index (χ2n) is 9.75. The molecule has 4 rings (SSSR count). The summed E-state index contributed by atoms with van der Waals surface area (Å²) in [6, 6.07) is 6.86. The molecule has 202 valence electrons. The molecule has 2 aliphatic rings. The van der Waals surface area contributed by atoms with Crippen LogP contribution in [0.15, 0.2) is 41.6 Å². The highest BCUT2D eigenvalue weighted by Crippen LogP contribution is 2.32. The summed E-state index contributed by atoms with van der Waals surface area (Å²) in [4.78, 5) is 18.9. The second kappa shape index (κ2) is 12.2. The standard InChI is InChI=1S/C27H37N3O6S/c1-20-16-25(34-3)17-21(2)27(20)37(32,33)30-13-5-4-6-22(30)18-35-19-26(31)29-14-9-24(10-15-29)36-23-7-11-28-12-8-23/h7-8,11-12,16-17,22,24H,4-6,9-10,13-15,18-19H2,1-3H3. The van der Waals surface area contributed by atoms with Crippen LogP contribution < -0.4 is 9.47 Å². The Morgan fingerprint density at radius 2 is 1.68 bits per heavy atom. The number of aryl methyl sites for hydroxylation is 2. The molecule has 37 heavy (non-hydrogen) atoms. The molecule has 2 aromatic rings. The Balaban J connectivity index is 1.30. The first-order valence-corrected chi connectivity index (χ1v) is 14.3. The number of sulfonamides is 1. The van der Waals surface area contributed by atoms with Crippen LogP contribution in [0.2, 0.25) is 0 Å². The molecule has 10 heteroatoms. The van der Waals surface area contributed by atoms with Crippen molar-refractivity contribution in [3.63, 3.8) is 0 Å². The molecule has 2 aliphatic heterocycles. The number of piperidine rings is 2. The van der Waals surface area contributed by atoms with Crippen LogP contribution in [0, 0.1) is 13.8 Å². The van der Waals surface area contributed by atoms with E-state index >= 15 is 0 Å². The van der Waals surface area contributed by atoms with Crippen LogP contribution in [-0.4, -0.2) is 80.6 Å². The Labute approximate surface area is 219 Å². The molecule has 0 saturated carbocycles. The summed E-state index contributed by atoms with van der Waals surface area (Å²) in [5, 5.41) is 0. The van der Waals surface area contributed by atoms with Crippen LogP contribution in [0.5, 0.6) is 11.5 Å². The monoisotopic (exact) mass is 531 g/mol. The molecular weight excluding hydrogens is 494 g/mol. The number of rotatable bonds is 9. The number of methoxy groups -OCH3 is 1. The van der Waals surface area contributed by atoms with E-state index in [9.17, 15) is 13.2 Å². The molecular formula is C27H37N3O6S. The highest BCUT2D eigenvalue weighted by molar-refractivity contribution is 7.89. The molecule has 1 amide bonds. The third-order valence-electron chi connectivity index (χ3n) is 7.09. The molecule has 0 N–H and O–H groups in total. The fourth-order valence-electron chi connectivity index (χ4n) is 5.22. The Morgan fingerprint density at radius 3 is 2.32 bits per heavy atom. The van der Waals surface area contributed by atoms with Crippen LogP contribution in [0.25, 0.3) is 0 Å². The number of carbonyl (C=O) groups is 1. The van der Waals surface area contributed by atoms with Gasteiger partial charge in [0.05, 0.1) is 18.6 Å². The lowest BCUT2D eigenvalue weighted by atomic mass is 10.1. The molecule has 1 unspecified atom stereocenters. The maximum atomic E-state index is 13.7. The number of aromatic nitrogens is 1. The van der Waals surface area contributed by atoms with Crippen LogP contribution in [-0.2, 0) is 19.6 Å². The number of hydrogen-bond donors (Lipinski definition) is 0. The predicted octanol–water partition coefficient (Wildman–Crippen LogP) is 3.34. The van der Waals surface area contributed by atoms with E-state index in [1.165, 1.54) is 0 Å². The number of hydrogen-bond acceptors (Lipinski definition) is 7.